The van der Waals surface area contributed by atoms with E-state index in [-0.39, 0.29) is 5.69 Å². The Bertz CT molecular complexity index is 860. The fraction of sp³-hybridized carbons (Fsp3) is 0.214. The fourth-order valence-corrected chi connectivity index (χ4v) is 2.60. The minimum atomic E-state index is -0.268. The normalized spacial score (nSPS) is 11.1. The molecule has 3 rings (SSSR count). The lowest BCUT2D eigenvalue weighted by atomic mass is 10.3. The van der Waals surface area contributed by atoms with Crippen molar-refractivity contribution in [1.82, 2.24) is 19.1 Å². The van der Waals surface area contributed by atoms with Crippen molar-refractivity contribution in [2.45, 2.75) is 19.9 Å². The molecule has 0 fully saturated rings. The summed E-state index contributed by atoms with van der Waals surface area (Å²) in [7, 11) is 0. The van der Waals surface area contributed by atoms with E-state index in [0.717, 1.165) is 24.2 Å². The van der Waals surface area contributed by atoms with Crippen LogP contribution >= 0.6 is 12.2 Å². The molecule has 5 nitrogen and oxygen atoms in total. The van der Waals surface area contributed by atoms with Crippen LogP contribution in [-0.2, 0) is 6.54 Å². The highest BCUT2D eigenvalue weighted by Gasteiger charge is 2.12. The third-order valence-electron chi connectivity index (χ3n) is 3.15. The molecule has 2 heterocycles. The number of para-hydroxylation sites is 1. The number of nitrogens with zero attached hydrogens (tertiary/aromatic N) is 3. The smallest absolute Gasteiger partial charge is 0.327 e. The van der Waals surface area contributed by atoms with E-state index in [2.05, 4.69) is 16.9 Å². The third-order valence-corrected chi connectivity index (χ3v) is 3.44. The summed E-state index contributed by atoms with van der Waals surface area (Å²) in [6, 6.07) is 9.43. The Morgan fingerprint density at radius 2 is 2.05 bits per heavy atom. The van der Waals surface area contributed by atoms with Crippen molar-refractivity contribution in [2.24, 2.45) is 0 Å². The van der Waals surface area contributed by atoms with Crippen LogP contribution in [0, 0.1) is 4.64 Å². The second kappa shape index (κ2) is 5.05. The Morgan fingerprint density at radius 1 is 1.30 bits per heavy atom. The number of imidazole rings is 1. The van der Waals surface area contributed by atoms with Crippen LogP contribution in [0.3, 0.4) is 0 Å². The highest BCUT2D eigenvalue weighted by molar-refractivity contribution is 7.71. The number of fused-ring (bicyclic) bond motifs is 1. The van der Waals surface area contributed by atoms with Crippen LogP contribution in [-0.4, -0.2) is 19.1 Å². The van der Waals surface area contributed by atoms with Crippen LogP contribution in [0.25, 0.3) is 16.9 Å². The predicted octanol–water partition coefficient (Wildman–Crippen LogP) is 2.65. The Labute approximate surface area is 120 Å². The van der Waals surface area contributed by atoms with Gasteiger partial charge in [0.25, 0.3) is 0 Å². The first-order chi connectivity index (χ1) is 9.72. The van der Waals surface area contributed by atoms with Gasteiger partial charge in [-0.15, -0.1) is 0 Å². The minimum Gasteiger partial charge on any atom is -0.327 e. The lowest BCUT2D eigenvalue weighted by Gasteiger charge is -2.07. The number of hydrogen-bond acceptors (Lipinski definition) is 3. The highest BCUT2D eigenvalue weighted by atomic mass is 32.1. The molecule has 0 atom stereocenters. The maximum absolute atomic E-state index is 12.2. The molecule has 0 aliphatic heterocycles. The van der Waals surface area contributed by atoms with Gasteiger partial charge in [0.15, 0.2) is 5.65 Å². The van der Waals surface area contributed by atoms with E-state index >= 15 is 0 Å². The second-order valence-electron chi connectivity index (χ2n) is 4.54. The molecule has 1 aromatic carbocycles. The molecule has 0 saturated heterocycles. The fourth-order valence-electron chi connectivity index (χ4n) is 2.30. The number of nitrogens with one attached hydrogen (secondary N) is 1. The summed E-state index contributed by atoms with van der Waals surface area (Å²) < 4.78 is 3.97. The Morgan fingerprint density at radius 3 is 2.75 bits per heavy atom. The third kappa shape index (κ3) is 1.98. The summed E-state index contributed by atoms with van der Waals surface area (Å²) in [5, 5.41) is 0. The van der Waals surface area contributed by atoms with E-state index in [9.17, 15) is 4.79 Å². The molecule has 0 aliphatic carbocycles. The van der Waals surface area contributed by atoms with Crippen LogP contribution in [0.5, 0.6) is 0 Å². The lowest BCUT2D eigenvalue weighted by molar-refractivity contribution is 0.695. The van der Waals surface area contributed by atoms with E-state index in [0.29, 0.717) is 10.3 Å². The van der Waals surface area contributed by atoms with Gasteiger partial charge in [-0.3, -0.25) is 4.98 Å². The standard InChI is InChI=1S/C14H14N4OS/c1-2-8-17-9-15-12-11(17)13(20)16-14(19)18(12)10-6-4-3-5-7-10/h3-7,9H,2,8H2,1H3,(H,16,19,20). The zero-order valence-corrected chi connectivity index (χ0v) is 11.9. The lowest BCUT2D eigenvalue weighted by Crippen LogP contribution is -2.22. The van der Waals surface area contributed by atoms with Gasteiger partial charge in [-0.2, -0.15) is 0 Å². The number of H-pyrrole nitrogens is 1. The van der Waals surface area contributed by atoms with Crippen molar-refractivity contribution in [3.63, 3.8) is 0 Å². The molecule has 2 aromatic heterocycles. The molecule has 0 spiro atoms. The zero-order valence-electron chi connectivity index (χ0n) is 11.0. The van der Waals surface area contributed by atoms with Gasteiger partial charge in [-0.1, -0.05) is 37.3 Å². The molecule has 6 heteroatoms. The number of aromatic amines is 1. The Hall–Kier alpha value is -2.21. The van der Waals surface area contributed by atoms with Crippen LogP contribution in [0.15, 0.2) is 41.5 Å². The molecular formula is C14H14N4OS. The van der Waals surface area contributed by atoms with E-state index in [1.165, 1.54) is 0 Å². The molecule has 20 heavy (non-hydrogen) atoms. The number of benzene rings is 1. The quantitative estimate of drug-likeness (QED) is 0.753. The number of aryl methyl sites for hydroxylation is 1. The highest BCUT2D eigenvalue weighted by Crippen LogP contribution is 2.15. The van der Waals surface area contributed by atoms with Gasteiger partial charge in [-0.25, -0.2) is 14.3 Å². The molecule has 0 saturated carbocycles. The maximum atomic E-state index is 12.2. The summed E-state index contributed by atoms with van der Waals surface area (Å²) in [6.45, 7) is 2.91. The monoisotopic (exact) mass is 286 g/mol. The molecule has 1 N–H and O–H groups in total. The van der Waals surface area contributed by atoms with Crippen molar-refractivity contribution in [3.05, 3.63) is 51.8 Å². The van der Waals surface area contributed by atoms with E-state index < -0.39 is 0 Å². The first-order valence-corrected chi connectivity index (χ1v) is 6.88. The van der Waals surface area contributed by atoms with Crippen molar-refractivity contribution in [1.29, 1.82) is 0 Å². The number of aromatic nitrogens is 4. The molecule has 0 aliphatic rings. The van der Waals surface area contributed by atoms with Crippen molar-refractivity contribution in [2.75, 3.05) is 0 Å². The topological polar surface area (TPSA) is 55.6 Å². The van der Waals surface area contributed by atoms with Gasteiger partial charge >= 0.3 is 5.69 Å². The van der Waals surface area contributed by atoms with Crippen LogP contribution in [0.1, 0.15) is 13.3 Å². The maximum Gasteiger partial charge on any atom is 0.332 e. The first-order valence-electron chi connectivity index (χ1n) is 6.48. The number of rotatable bonds is 3. The van der Waals surface area contributed by atoms with E-state index in [1.807, 2.05) is 34.9 Å². The van der Waals surface area contributed by atoms with Gasteiger partial charge in [-0.05, 0) is 18.6 Å². The van der Waals surface area contributed by atoms with Gasteiger partial charge in [0.05, 0.1) is 12.0 Å². The van der Waals surface area contributed by atoms with Gasteiger partial charge < -0.3 is 4.57 Å². The Kier molecular flexibility index (Phi) is 3.23. The van der Waals surface area contributed by atoms with Gasteiger partial charge in [0.1, 0.15) is 10.2 Å². The second-order valence-corrected chi connectivity index (χ2v) is 4.95. The largest absolute Gasteiger partial charge is 0.332 e. The van der Waals surface area contributed by atoms with Crippen LogP contribution < -0.4 is 5.69 Å². The average Bonchev–Trinajstić information content (AvgIpc) is 2.84. The molecule has 0 amide bonds. The first kappa shape index (κ1) is 12.8. The Balaban J connectivity index is 2.39. The van der Waals surface area contributed by atoms with Crippen molar-refractivity contribution < 1.29 is 0 Å². The average molecular weight is 286 g/mol. The van der Waals surface area contributed by atoms with Crippen LogP contribution in [0.4, 0.5) is 0 Å². The SMILES string of the molecule is CCCn1cnc2c1c(=S)[nH]c(=O)n2-c1ccccc1. The number of hydrogen-bond donors (Lipinski definition) is 1. The van der Waals surface area contributed by atoms with Crippen LogP contribution in [0.2, 0.25) is 0 Å². The summed E-state index contributed by atoms with van der Waals surface area (Å²) >= 11 is 5.28. The molecule has 0 radical (unpaired) electrons. The van der Waals surface area contributed by atoms with Crippen molar-refractivity contribution >= 4 is 23.4 Å². The summed E-state index contributed by atoms with van der Waals surface area (Å²) in [5.41, 5.74) is 1.90. The van der Waals surface area contributed by atoms with E-state index in [4.69, 9.17) is 12.2 Å². The predicted molar refractivity (Wildman–Crippen MR) is 80.8 cm³/mol. The summed E-state index contributed by atoms with van der Waals surface area (Å²) in [4.78, 5) is 19.3. The summed E-state index contributed by atoms with van der Waals surface area (Å²) in [5.74, 6) is 0. The molecule has 3 aromatic rings. The van der Waals surface area contributed by atoms with E-state index in [1.54, 1.807) is 10.9 Å². The van der Waals surface area contributed by atoms with Gasteiger partial charge in [0.2, 0.25) is 0 Å². The summed E-state index contributed by atoms with van der Waals surface area (Å²) in [6.07, 6.45) is 2.71. The molecule has 102 valence electrons. The van der Waals surface area contributed by atoms with Gasteiger partial charge in [0, 0.05) is 6.54 Å². The molecular weight excluding hydrogens is 272 g/mol. The molecule has 0 bridgehead atoms. The minimum absolute atomic E-state index is 0.268. The zero-order chi connectivity index (χ0) is 14.1. The van der Waals surface area contributed by atoms with Crippen molar-refractivity contribution in [3.8, 4) is 5.69 Å². The molecule has 0 unspecified atom stereocenters.